The van der Waals surface area contributed by atoms with E-state index in [1.165, 1.54) is 6.42 Å². The quantitative estimate of drug-likeness (QED) is 0.874. The van der Waals surface area contributed by atoms with Gasteiger partial charge in [-0.05, 0) is 43.4 Å². The van der Waals surface area contributed by atoms with E-state index in [4.69, 9.17) is 5.73 Å². The van der Waals surface area contributed by atoms with E-state index in [1.54, 1.807) is 13.0 Å². The van der Waals surface area contributed by atoms with Crippen molar-refractivity contribution in [2.75, 3.05) is 0 Å². The predicted octanol–water partition coefficient (Wildman–Crippen LogP) is 4.12. The third kappa shape index (κ3) is 2.58. The summed E-state index contributed by atoms with van der Waals surface area (Å²) in [4.78, 5) is 0. The van der Waals surface area contributed by atoms with Crippen LogP contribution in [0.2, 0.25) is 0 Å². The highest BCUT2D eigenvalue weighted by Crippen LogP contribution is 2.38. The maximum Gasteiger partial charge on any atom is 0.130 e. The molecule has 0 bridgehead atoms. The molecular weight excluding hydrogens is 292 g/mol. The fraction of sp³-hybridized carbons (Fsp3) is 0.500. The molecule has 2 N–H and O–H groups in total. The fourth-order valence-electron chi connectivity index (χ4n) is 2.05. The molecule has 1 atom stereocenters. The minimum absolute atomic E-state index is 0. The molecule has 1 fully saturated rings. The standard InChI is InChI=1S/C12H15BrFN.ClH/c1-7-5-9(13)6-10(11(7)14)12(15)8-3-2-4-8;/h5-6,8,12H,2-4,15H2,1H3;1H/t12-;/m1./s1. The second-order valence-corrected chi connectivity index (χ2v) is 5.26. The molecule has 0 saturated heterocycles. The Bertz CT molecular complexity index is 380. The first kappa shape index (κ1) is 13.9. The Balaban J connectivity index is 0.00000128. The van der Waals surface area contributed by atoms with Gasteiger partial charge < -0.3 is 5.73 Å². The topological polar surface area (TPSA) is 26.0 Å². The van der Waals surface area contributed by atoms with Crippen molar-refractivity contribution in [1.29, 1.82) is 0 Å². The van der Waals surface area contributed by atoms with Crippen LogP contribution >= 0.6 is 28.3 Å². The third-order valence-corrected chi connectivity index (χ3v) is 3.72. The molecule has 1 aliphatic rings. The van der Waals surface area contributed by atoms with Gasteiger partial charge in [-0.2, -0.15) is 0 Å². The first-order chi connectivity index (χ1) is 7.09. The van der Waals surface area contributed by atoms with Crippen LogP contribution in [0.5, 0.6) is 0 Å². The molecule has 1 saturated carbocycles. The van der Waals surface area contributed by atoms with Crippen LogP contribution in [0.3, 0.4) is 0 Å². The van der Waals surface area contributed by atoms with Crippen LogP contribution in [0.15, 0.2) is 16.6 Å². The van der Waals surface area contributed by atoms with Gasteiger partial charge in [0.15, 0.2) is 0 Å². The summed E-state index contributed by atoms with van der Waals surface area (Å²) in [6.07, 6.45) is 3.49. The zero-order valence-electron chi connectivity index (χ0n) is 9.17. The van der Waals surface area contributed by atoms with Crippen molar-refractivity contribution in [1.82, 2.24) is 0 Å². The van der Waals surface area contributed by atoms with Crippen LogP contribution < -0.4 is 5.73 Å². The van der Waals surface area contributed by atoms with Gasteiger partial charge in [-0.3, -0.25) is 0 Å². The van der Waals surface area contributed by atoms with Crippen LogP contribution in [-0.2, 0) is 0 Å². The van der Waals surface area contributed by atoms with E-state index in [0.717, 1.165) is 17.3 Å². The summed E-state index contributed by atoms with van der Waals surface area (Å²) in [6.45, 7) is 1.77. The van der Waals surface area contributed by atoms with Gasteiger partial charge in [0.25, 0.3) is 0 Å². The first-order valence-corrected chi connectivity index (χ1v) is 6.10. The van der Waals surface area contributed by atoms with Crippen LogP contribution in [0, 0.1) is 18.7 Å². The summed E-state index contributed by atoms with van der Waals surface area (Å²) < 4.78 is 14.8. The molecule has 1 nitrogen and oxygen atoms in total. The van der Waals surface area contributed by atoms with Gasteiger partial charge in [-0.15, -0.1) is 12.4 Å². The second kappa shape index (κ2) is 5.48. The van der Waals surface area contributed by atoms with Crippen LogP contribution in [0.4, 0.5) is 4.39 Å². The Morgan fingerprint density at radius 1 is 1.44 bits per heavy atom. The molecule has 0 heterocycles. The summed E-state index contributed by atoms with van der Waals surface area (Å²) in [7, 11) is 0. The van der Waals surface area contributed by atoms with Crippen molar-refractivity contribution in [3.8, 4) is 0 Å². The lowest BCUT2D eigenvalue weighted by molar-refractivity contribution is 0.260. The molecule has 0 amide bonds. The van der Waals surface area contributed by atoms with Gasteiger partial charge in [-0.1, -0.05) is 22.4 Å². The minimum Gasteiger partial charge on any atom is -0.324 e. The fourth-order valence-corrected chi connectivity index (χ4v) is 2.64. The average Bonchev–Trinajstić information content (AvgIpc) is 2.08. The van der Waals surface area contributed by atoms with Crippen molar-refractivity contribution < 1.29 is 4.39 Å². The Morgan fingerprint density at radius 3 is 2.56 bits per heavy atom. The Kier molecular flexibility index (Phi) is 4.77. The summed E-state index contributed by atoms with van der Waals surface area (Å²) in [5.41, 5.74) is 7.40. The molecule has 1 aromatic rings. The Hall–Kier alpha value is -0.120. The van der Waals surface area contributed by atoms with Gasteiger partial charge in [0.05, 0.1) is 0 Å². The number of hydrogen-bond donors (Lipinski definition) is 1. The molecule has 1 aromatic carbocycles. The largest absolute Gasteiger partial charge is 0.324 e. The van der Waals surface area contributed by atoms with Crippen molar-refractivity contribution >= 4 is 28.3 Å². The normalized spacial score (nSPS) is 17.5. The van der Waals surface area contributed by atoms with Crippen molar-refractivity contribution in [3.05, 3.63) is 33.5 Å². The summed E-state index contributed by atoms with van der Waals surface area (Å²) in [6, 6.07) is 3.45. The summed E-state index contributed by atoms with van der Waals surface area (Å²) in [5, 5.41) is 0. The molecular formula is C12H16BrClFN. The number of rotatable bonds is 2. The molecule has 0 aliphatic heterocycles. The maximum atomic E-state index is 13.9. The zero-order chi connectivity index (χ0) is 11.0. The second-order valence-electron chi connectivity index (χ2n) is 4.34. The van der Waals surface area contributed by atoms with Crippen LogP contribution in [0.1, 0.15) is 36.4 Å². The molecule has 0 unspecified atom stereocenters. The van der Waals surface area contributed by atoms with Gasteiger partial charge in [0.2, 0.25) is 0 Å². The molecule has 0 aromatic heterocycles. The van der Waals surface area contributed by atoms with Gasteiger partial charge in [0.1, 0.15) is 5.82 Å². The SMILES string of the molecule is Cc1cc(Br)cc([C@H](N)C2CCC2)c1F.Cl. The van der Waals surface area contributed by atoms with E-state index in [2.05, 4.69) is 15.9 Å². The predicted molar refractivity (Wildman–Crippen MR) is 70.4 cm³/mol. The average molecular weight is 309 g/mol. The van der Waals surface area contributed by atoms with Crippen molar-refractivity contribution in [3.63, 3.8) is 0 Å². The lowest BCUT2D eigenvalue weighted by atomic mass is 9.77. The Morgan fingerprint density at radius 2 is 2.06 bits per heavy atom. The Labute approximate surface area is 110 Å². The highest BCUT2D eigenvalue weighted by Gasteiger charge is 2.27. The molecule has 2 rings (SSSR count). The van der Waals surface area contributed by atoms with E-state index in [9.17, 15) is 4.39 Å². The zero-order valence-corrected chi connectivity index (χ0v) is 11.6. The van der Waals surface area contributed by atoms with E-state index in [1.807, 2.05) is 6.07 Å². The first-order valence-electron chi connectivity index (χ1n) is 5.30. The smallest absolute Gasteiger partial charge is 0.130 e. The monoisotopic (exact) mass is 307 g/mol. The van der Waals surface area contributed by atoms with Crippen molar-refractivity contribution in [2.24, 2.45) is 11.7 Å². The van der Waals surface area contributed by atoms with Gasteiger partial charge in [-0.25, -0.2) is 4.39 Å². The number of nitrogens with two attached hydrogens (primary N) is 1. The molecule has 4 heteroatoms. The van der Waals surface area contributed by atoms with Gasteiger partial charge in [0, 0.05) is 16.1 Å². The molecule has 1 aliphatic carbocycles. The lowest BCUT2D eigenvalue weighted by Gasteiger charge is -2.32. The van der Waals surface area contributed by atoms with E-state index in [0.29, 0.717) is 17.0 Å². The van der Waals surface area contributed by atoms with E-state index < -0.39 is 0 Å². The number of benzene rings is 1. The third-order valence-electron chi connectivity index (χ3n) is 3.26. The van der Waals surface area contributed by atoms with Crippen LogP contribution in [-0.4, -0.2) is 0 Å². The summed E-state index contributed by atoms with van der Waals surface area (Å²) >= 11 is 3.38. The van der Waals surface area contributed by atoms with Crippen molar-refractivity contribution in [2.45, 2.75) is 32.2 Å². The van der Waals surface area contributed by atoms with Crippen LogP contribution in [0.25, 0.3) is 0 Å². The van der Waals surface area contributed by atoms with Gasteiger partial charge >= 0.3 is 0 Å². The lowest BCUT2D eigenvalue weighted by Crippen LogP contribution is -2.27. The number of aryl methyl sites for hydroxylation is 1. The minimum atomic E-state index is -0.144. The summed E-state index contributed by atoms with van der Waals surface area (Å²) in [5.74, 6) is 0.325. The van der Waals surface area contributed by atoms with E-state index in [-0.39, 0.29) is 24.3 Å². The number of halogens is 3. The molecule has 16 heavy (non-hydrogen) atoms. The number of hydrogen-bond acceptors (Lipinski definition) is 1. The highest BCUT2D eigenvalue weighted by atomic mass is 79.9. The molecule has 90 valence electrons. The molecule has 0 radical (unpaired) electrons. The maximum absolute atomic E-state index is 13.9. The highest BCUT2D eigenvalue weighted by molar-refractivity contribution is 9.10. The van der Waals surface area contributed by atoms with E-state index >= 15 is 0 Å². The molecule has 0 spiro atoms.